The molecule has 2 heterocycles. The Kier molecular flexibility index (Phi) is 6.42. The first-order valence-electron chi connectivity index (χ1n) is 7.77. The fourth-order valence-corrected chi connectivity index (χ4v) is 2.92. The molecule has 0 radical (unpaired) electrons. The molecular weight excluding hydrogens is 264 g/mol. The van der Waals surface area contributed by atoms with Gasteiger partial charge in [-0.3, -0.25) is 0 Å². The summed E-state index contributed by atoms with van der Waals surface area (Å²) in [6, 6.07) is 4.80. The van der Waals surface area contributed by atoms with Gasteiger partial charge < -0.3 is 19.9 Å². The zero-order valence-electron chi connectivity index (χ0n) is 13.5. The molecule has 0 saturated carbocycles. The lowest BCUT2D eigenvalue weighted by Crippen LogP contribution is -2.37. The highest BCUT2D eigenvalue weighted by molar-refractivity contribution is 5.46. The monoisotopic (exact) mass is 292 g/mol. The topological polar surface area (TPSA) is 40.6 Å². The highest BCUT2D eigenvalue weighted by Crippen LogP contribution is 2.20. The van der Waals surface area contributed by atoms with Crippen molar-refractivity contribution in [1.29, 1.82) is 0 Å². The fourth-order valence-electron chi connectivity index (χ4n) is 2.92. The summed E-state index contributed by atoms with van der Waals surface area (Å²) in [5.41, 5.74) is 1.25. The minimum Gasteiger partial charge on any atom is -0.383 e. The van der Waals surface area contributed by atoms with Gasteiger partial charge in [-0.2, -0.15) is 0 Å². The fraction of sp³-hybridized carbons (Fsp3) is 0.688. The molecule has 1 aromatic rings. The summed E-state index contributed by atoms with van der Waals surface area (Å²) in [6.07, 6.45) is 4.47. The lowest BCUT2D eigenvalue weighted by molar-refractivity contribution is 0.199. The summed E-state index contributed by atoms with van der Waals surface area (Å²) >= 11 is 0. The Hall–Kier alpha value is -1.17. The lowest BCUT2D eigenvalue weighted by Gasteiger charge is -2.28. The molecule has 21 heavy (non-hydrogen) atoms. The number of hydrogen-bond acceptors (Lipinski definition) is 5. The number of likely N-dealkylation sites (N-methyl/N-ethyl adjacent to an activating group) is 2. The van der Waals surface area contributed by atoms with Crippen LogP contribution in [0.2, 0.25) is 0 Å². The van der Waals surface area contributed by atoms with E-state index in [0.29, 0.717) is 6.04 Å². The van der Waals surface area contributed by atoms with Gasteiger partial charge in [-0.1, -0.05) is 6.07 Å². The van der Waals surface area contributed by atoms with E-state index in [1.54, 1.807) is 7.11 Å². The van der Waals surface area contributed by atoms with Crippen LogP contribution in [0.5, 0.6) is 0 Å². The maximum Gasteiger partial charge on any atom is 0.132 e. The van der Waals surface area contributed by atoms with Crippen molar-refractivity contribution in [2.45, 2.75) is 25.4 Å². The molecule has 1 fully saturated rings. The van der Waals surface area contributed by atoms with Gasteiger partial charge in [0.1, 0.15) is 5.82 Å². The maximum absolute atomic E-state index is 5.06. The number of rotatable bonds is 8. The van der Waals surface area contributed by atoms with E-state index in [9.17, 15) is 0 Å². The van der Waals surface area contributed by atoms with E-state index in [-0.39, 0.29) is 0 Å². The molecule has 1 aliphatic rings. The van der Waals surface area contributed by atoms with E-state index in [4.69, 9.17) is 4.74 Å². The first kappa shape index (κ1) is 16.2. The Morgan fingerprint density at radius 1 is 1.52 bits per heavy atom. The molecule has 0 amide bonds. The van der Waals surface area contributed by atoms with Crippen molar-refractivity contribution >= 4 is 5.82 Å². The third kappa shape index (κ3) is 4.66. The zero-order chi connectivity index (χ0) is 15.1. The number of nitrogens with zero attached hydrogens (tertiary/aromatic N) is 3. The average Bonchev–Trinajstić information content (AvgIpc) is 2.89. The molecular formula is C16H28N4O. The number of pyridine rings is 1. The van der Waals surface area contributed by atoms with Gasteiger partial charge in [0.25, 0.3) is 0 Å². The Labute approximate surface area is 128 Å². The number of anilines is 1. The molecule has 5 heteroatoms. The Balaban J connectivity index is 1.94. The largest absolute Gasteiger partial charge is 0.383 e. The van der Waals surface area contributed by atoms with Crippen LogP contribution in [0.1, 0.15) is 18.4 Å². The highest BCUT2D eigenvalue weighted by Gasteiger charge is 2.23. The van der Waals surface area contributed by atoms with Crippen LogP contribution in [0.3, 0.4) is 0 Å². The second-order valence-corrected chi connectivity index (χ2v) is 5.81. The van der Waals surface area contributed by atoms with Crippen molar-refractivity contribution < 1.29 is 4.74 Å². The Morgan fingerprint density at radius 3 is 3.10 bits per heavy atom. The van der Waals surface area contributed by atoms with Crippen LogP contribution in [0.25, 0.3) is 0 Å². The molecule has 0 bridgehead atoms. The van der Waals surface area contributed by atoms with Crippen molar-refractivity contribution in [2.75, 3.05) is 52.3 Å². The number of ether oxygens (including phenoxy) is 1. The molecule has 5 nitrogen and oxygen atoms in total. The molecule has 118 valence electrons. The normalized spacial score (nSPS) is 19.1. The lowest BCUT2D eigenvalue weighted by atomic mass is 10.2. The summed E-state index contributed by atoms with van der Waals surface area (Å²) in [5.74, 6) is 1.09. The van der Waals surface area contributed by atoms with Crippen molar-refractivity contribution in [2.24, 2.45) is 0 Å². The van der Waals surface area contributed by atoms with Gasteiger partial charge in [-0.25, -0.2) is 4.98 Å². The number of likely N-dealkylation sites (tertiary alicyclic amines) is 1. The molecule has 1 N–H and O–H groups in total. The minimum atomic E-state index is 0.645. The van der Waals surface area contributed by atoms with Gasteiger partial charge >= 0.3 is 0 Å². The SMILES string of the molecule is COCCNCc1cccnc1N(C)CC1CCCN1C. The van der Waals surface area contributed by atoms with Gasteiger partial charge in [0.2, 0.25) is 0 Å². The molecule has 1 saturated heterocycles. The second-order valence-electron chi connectivity index (χ2n) is 5.81. The van der Waals surface area contributed by atoms with E-state index in [2.05, 4.69) is 40.3 Å². The van der Waals surface area contributed by atoms with Gasteiger partial charge in [0.05, 0.1) is 6.61 Å². The quantitative estimate of drug-likeness (QED) is 0.733. The summed E-state index contributed by atoms with van der Waals surface area (Å²) < 4.78 is 5.06. The van der Waals surface area contributed by atoms with E-state index in [1.807, 2.05) is 12.3 Å². The van der Waals surface area contributed by atoms with Gasteiger partial charge in [-0.15, -0.1) is 0 Å². The number of nitrogens with one attached hydrogen (secondary N) is 1. The molecule has 1 aromatic heterocycles. The van der Waals surface area contributed by atoms with E-state index in [1.165, 1.54) is 24.9 Å². The first-order valence-corrected chi connectivity index (χ1v) is 7.77. The second kappa shape index (κ2) is 8.32. The molecule has 2 rings (SSSR count). The summed E-state index contributed by atoms with van der Waals surface area (Å²) in [7, 11) is 6.09. The van der Waals surface area contributed by atoms with Crippen molar-refractivity contribution in [3.8, 4) is 0 Å². The maximum atomic E-state index is 5.06. The Bertz CT molecular complexity index is 426. The third-order valence-corrected chi connectivity index (χ3v) is 4.18. The van der Waals surface area contributed by atoms with Crippen molar-refractivity contribution in [1.82, 2.24) is 15.2 Å². The highest BCUT2D eigenvalue weighted by atomic mass is 16.5. The summed E-state index contributed by atoms with van der Waals surface area (Å²) in [6.45, 7) is 4.68. The molecule has 1 atom stereocenters. The first-order chi connectivity index (χ1) is 10.2. The number of hydrogen-bond donors (Lipinski definition) is 1. The van der Waals surface area contributed by atoms with Crippen LogP contribution in [0.4, 0.5) is 5.82 Å². The van der Waals surface area contributed by atoms with E-state index >= 15 is 0 Å². The van der Waals surface area contributed by atoms with E-state index in [0.717, 1.165) is 32.1 Å². The molecule has 0 spiro atoms. The smallest absolute Gasteiger partial charge is 0.132 e. The predicted octanol–water partition coefficient (Wildman–Crippen LogP) is 1.35. The van der Waals surface area contributed by atoms with Crippen LogP contribution in [0.15, 0.2) is 18.3 Å². The average molecular weight is 292 g/mol. The van der Waals surface area contributed by atoms with Gasteiger partial charge in [-0.05, 0) is 32.5 Å². The van der Waals surface area contributed by atoms with Crippen LogP contribution in [0, 0.1) is 0 Å². The van der Waals surface area contributed by atoms with Crippen LogP contribution in [-0.2, 0) is 11.3 Å². The Morgan fingerprint density at radius 2 is 2.38 bits per heavy atom. The minimum absolute atomic E-state index is 0.645. The molecule has 0 aliphatic carbocycles. The summed E-state index contributed by atoms with van der Waals surface area (Å²) in [4.78, 5) is 9.33. The molecule has 1 aliphatic heterocycles. The predicted molar refractivity (Wildman–Crippen MR) is 86.7 cm³/mol. The summed E-state index contributed by atoms with van der Waals surface area (Å²) in [5, 5.41) is 3.40. The van der Waals surface area contributed by atoms with Crippen molar-refractivity contribution in [3.05, 3.63) is 23.9 Å². The van der Waals surface area contributed by atoms with Gasteiger partial charge in [0, 0.05) is 51.6 Å². The number of aromatic nitrogens is 1. The third-order valence-electron chi connectivity index (χ3n) is 4.18. The van der Waals surface area contributed by atoms with Crippen LogP contribution < -0.4 is 10.2 Å². The number of methoxy groups -OCH3 is 1. The molecule has 1 unspecified atom stereocenters. The standard InChI is InChI=1S/C16H28N4O/c1-19-10-5-7-15(19)13-20(2)16-14(6-4-8-18-16)12-17-9-11-21-3/h4,6,8,15,17H,5,7,9-13H2,1-3H3. The van der Waals surface area contributed by atoms with Crippen molar-refractivity contribution in [3.63, 3.8) is 0 Å². The van der Waals surface area contributed by atoms with E-state index < -0.39 is 0 Å². The van der Waals surface area contributed by atoms with Gasteiger partial charge in [0.15, 0.2) is 0 Å². The van der Waals surface area contributed by atoms with Crippen LogP contribution >= 0.6 is 0 Å². The molecule has 0 aromatic carbocycles. The zero-order valence-corrected chi connectivity index (χ0v) is 13.5. The van der Waals surface area contributed by atoms with Crippen LogP contribution in [-0.4, -0.2) is 63.4 Å².